The van der Waals surface area contributed by atoms with Crippen molar-refractivity contribution >= 4 is 17.5 Å². The van der Waals surface area contributed by atoms with E-state index < -0.39 is 0 Å². The van der Waals surface area contributed by atoms with Crippen LogP contribution in [0.4, 0.5) is 11.6 Å². The monoisotopic (exact) mass is 347 g/mol. The summed E-state index contributed by atoms with van der Waals surface area (Å²) in [6.45, 7) is 4.78. The maximum Gasteiger partial charge on any atom is 0.258 e. The molecule has 0 unspecified atom stereocenters. The highest BCUT2D eigenvalue weighted by Gasteiger charge is 2.11. The van der Waals surface area contributed by atoms with Crippen LogP contribution in [0.15, 0.2) is 61.2 Å². The zero-order chi connectivity index (χ0) is 18.4. The summed E-state index contributed by atoms with van der Waals surface area (Å²) in [7, 11) is 0. The van der Waals surface area contributed by atoms with Crippen LogP contribution in [0.5, 0.6) is 0 Å². The van der Waals surface area contributed by atoms with Gasteiger partial charge in [0, 0.05) is 37.0 Å². The van der Waals surface area contributed by atoms with E-state index in [1.807, 2.05) is 36.4 Å². The molecule has 0 fully saturated rings. The van der Waals surface area contributed by atoms with E-state index in [0.717, 1.165) is 16.8 Å². The van der Waals surface area contributed by atoms with E-state index in [9.17, 15) is 4.79 Å². The molecular formula is C20H21N5O. The van der Waals surface area contributed by atoms with Crippen molar-refractivity contribution in [1.29, 1.82) is 0 Å². The number of anilines is 2. The second kappa shape index (κ2) is 8.20. The quantitative estimate of drug-likeness (QED) is 0.708. The Hall–Kier alpha value is -3.28. The lowest BCUT2D eigenvalue weighted by Gasteiger charge is -2.13. The summed E-state index contributed by atoms with van der Waals surface area (Å²) in [6.07, 6.45) is 6.52. The maximum absolute atomic E-state index is 12.5. The molecule has 2 heterocycles. The van der Waals surface area contributed by atoms with Crippen molar-refractivity contribution in [2.24, 2.45) is 0 Å². The molecule has 6 nitrogen and oxygen atoms in total. The third kappa shape index (κ3) is 4.42. The first-order valence-electron chi connectivity index (χ1n) is 8.48. The number of para-hydroxylation sites is 1. The summed E-state index contributed by atoms with van der Waals surface area (Å²) < 4.78 is 0. The maximum atomic E-state index is 12.5. The van der Waals surface area contributed by atoms with Gasteiger partial charge < -0.3 is 10.6 Å². The minimum absolute atomic E-state index is 0.223. The van der Waals surface area contributed by atoms with Gasteiger partial charge in [-0.15, -0.1) is 0 Å². The molecule has 132 valence electrons. The van der Waals surface area contributed by atoms with E-state index in [2.05, 4.69) is 39.4 Å². The molecule has 0 spiro atoms. The number of carbonyl (C=O) groups is 1. The van der Waals surface area contributed by atoms with Crippen molar-refractivity contribution in [3.05, 3.63) is 77.9 Å². The number of hydrogen-bond donors (Lipinski definition) is 2. The van der Waals surface area contributed by atoms with E-state index >= 15 is 0 Å². The lowest BCUT2D eigenvalue weighted by molar-refractivity contribution is 0.102. The van der Waals surface area contributed by atoms with Gasteiger partial charge in [-0.3, -0.25) is 9.78 Å². The Morgan fingerprint density at radius 3 is 2.42 bits per heavy atom. The predicted octanol–water partition coefficient (Wildman–Crippen LogP) is 3.86. The molecule has 3 rings (SSSR count). The molecule has 2 N–H and O–H groups in total. The van der Waals surface area contributed by atoms with Gasteiger partial charge in [0.25, 0.3) is 5.91 Å². The van der Waals surface area contributed by atoms with E-state index in [1.165, 1.54) is 12.4 Å². The lowest BCUT2D eigenvalue weighted by Crippen LogP contribution is -2.15. The SMILES string of the molecule is CC(C)c1ccccc1NC(=O)c1cnc(NCc2ccncc2)nc1. The fourth-order valence-corrected chi connectivity index (χ4v) is 2.53. The fourth-order valence-electron chi connectivity index (χ4n) is 2.53. The van der Waals surface area contributed by atoms with Gasteiger partial charge in [-0.2, -0.15) is 0 Å². The number of benzene rings is 1. The van der Waals surface area contributed by atoms with Gasteiger partial charge in [0.1, 0.15) is 0 Å². The van der Waals surface area contributed by atoms with Crippen LogP contribution in [-0.4, -0.2) is 20.9 Å². The summed E-state index contributed by atoms with van der Waals surface area (Å²) in [5.74, 6) is 0.572. The van der Waals surface area contributed by atoms with E-state index in [-0.39, 0.29) is 5.91 Å². The lowest BCUT2D eigenvalue weighted by atomic mass is 10.0. The normalized spacial score (nSPS) is 10.6. The average Bonchev–Trinajstić information content (AvgIpc) is 2.68. The molecule has 3 aromatic rings. The fraction of sp³-hybridized carbons (Fsp3) is 0.200. The second-order valence-corrected chi connectivity index (χ2v) is 6.20. The third-order valence-electron chi connectivity index (χ3n) is 3.95. The third-order valence-corrected chi connectivity index (χ3v) is 3.95. The molecule has 0 radical (unpaired) electrons. The molecule has 1 aromatic carbocycles. The molecule has 2 aromatic heterocycles. The van der Waals surface area contributed by atoms with Crippen molar-refractivity contribution in [1.82, 2.24) is 15.0 Å². The molecule has 6 heteroatoms. The Labute approximate surface area is 152 Å². The molecule has 0 saturated carbocycles. The highest BCUT2D eigenvalue weighted by molar-refractivity contribution is 6.04. The van der Waals surface area contributed by atoms with Crippen LogP contribution < -0.4 is 10.6 Å². The van der Waals surface area contributed by atoms with Crippen molar-refractivity contribution in [3.63, 3.8) is 0 Å². The Morgan fingerprint density at radius 2 is 1.73 bits per heavy atom. The minimum Gasteiger partial charge on any atom is -0.350 e. The summed E-state index contributed by atoms with van der Waals surface area (Å²) in [6, 6.07) is 11.6. The standard InChI is InChI=1S/C20H21N5O/c1-14(2)17-5-3-4-6-18(17)25-19(26)16-12-23-20(24-13-16)22-11-15-7-9-21-10-8-15/h3-10,12-14H,11H2,1-2H3,(H,25,26)(H,22,23,24). The number of carbonyl (C=O) groups excluding carboxylic acids is 1. The Kier molecular flexibility index (Phi) is 5.53. The van der Waals surface area contributed by atoms with Crippen molar-refractivity contribution < 1.29 is 4.79 Å². The van der Waals surface area contributed by atoms with Crippen LogP contribution in [0, 0.1) is 0 Å². The minimum atomic E-state index is -0.223. The van der Waals surface area contributed by atoms with Gasteiger partial charge in [-0.05, 0) is 35.2 Å². The number of nitrogens with one attached hydrogen (secondary N) is 2. The molecule has 0 aliphatic carbocycles. The summed E-state index contributed by atoms with van der Waals surface area (Å²) in [4.78, 5) is 24.9. The van der Waals surface area contributed by atoms with Crippen LogP contribution in [0.2, 0.25) is 0 Å². The smallest absolute Gasteiger partial charge is 0.258 e. The van der Waals surface area contributed by atoms with Crippen LogP contribution in [-0.2, 0) is 6.54 Å². The van der Waals surface area contributed by atoms with Gasteiger partial charge in [0.15, 0.2) is 0 Å². The van der Waals surface area contributed by atoms with E-state index in [1.54, 1.807) is 12.4 Å². The second-order valence-electron chi connectivity index (χ2n) is 6.20. The van der Waals surface area contributed by atoms with Gasteiger partial charge in [-0.25, -0.2) is 9.97 Å². The molecule has 0 bridgehead atoms. The van der Waals surface area contributed by atoms with Crippen molar-refractivity contribution in [3.8, 4) is 0 Å². The van der Waals surface area contributed by atoms with Crippen LogP contribution in [0.1, 0.15) is 41.3 Å². The highest BCUT2D eigenvalue weighted by Crippen LogP contribution is 2.24. The molecule has 26 heavy (non-hydrogen) atoms. The van der Waals surface area contributed by atoms with Gasteiger partial charge in [0.2, 0.25) is 5.95 Å². The molecular weight excluding hydrogens is 326 g/mol. The van der Waals surface area contributed by atoms with Crippen molar-refractivity contribution in [2.45, 2.75) is 26.3 Å². The molecule has 1 amide bonds. The molecule has 0 aliphatic rings. The van der Waals surface area contributed by atoms with Crippen molar-refractivity contribution in [2.75, 3.05) is 10.6 Å². The average molecular weight is 347 g/mol. The number of nitrogens with zero attached hydrogens (tertiary/aromatic N) is 3. The first-order valence-corrected chi connectivity index (χ1v) is 8.48. The molecule has 0 saturated heterocycles. The summed E-state index contributed by atoms with van der Waals surface area (Å²) in [5, 5.41) is 6.06. The number of aromatic nitrogens is 3. The van der Waals surface area contributed by atoms with Crippen LogP contribution in [0.3, 0.4) is 0 Å². The van der Waals surface area contributed by atoms with E-state index in [4.69, 9.17) is 0 Å². The Balaban J connectivity index is 1.64. The number of amides is 1. The zero-order valence-corrected chi connectivity index (χ0v) is 14.8. The number of rotatable bonds is 6. The Bertz CT molecular complexity index is 863. The molecule has 0 aliphatic heterocycles. The largest absolute Gasteiger partial charge is 0.350 e. The van der Waals surface area contributed by atoms with Gasteiger partial charge in [0.05, 0.1) is 5.56 Å². The van der Waals surface area contributed by atoms with Gasteiger partial charge in [-0.1, -0.05) is 32.0 Å². The van der Waals surface area contributed by atoms with E-state index in [0.29, 0.717) is 24.0 Å². The van der Waals surface area contributed by atoms with Crippen LogP contribution in [0.25, 0.3) is 0 Å². The Morgan fingerprint density at radius 1 is 1.04 bits per heavy atom. The highest BCUT2D eigenvalue weighted by atomic mass is 16.1. The molecule has 0 atom stereocenters. The summed E-state index contributed by atoms with van der Waals surface area (Å²) in [5.41, 5.74) is 3.40. The summed E-state index contributed by atoms with van der Waals surface area (Å²) >= 11 is 0. The first-order chi connectivity index (χ1) is 12.6. The number of hydrogen-bond acceptors (Lipinski definition) is 5. The predicted molar refractivity (Wildman–Crippen MR) is 102 cm³/mol. The topological polar surface area (TPSA) is 79.8 Å². The van der Waals surface area contributed by atoms with Crippen LogP contribution >= 0.6 is 0 Å². The zero-order valence-electron chi connectivity index (χ0n) is 14.8. The first kappa shape index (κ1) is 17.5. The van der Waals surface area contributed by atoms with Gasteiger partial charge >= 0.3 is 0 Å². The number of pyridine rings is 1.